The van der Waals surface area contributed by atoms with Crippen molar-refractivity contribution in [3.63, 3.8) is 0 Å². The number of nitrogens with zero attached hydrogens (tertiary/aromatic N) is 5. The van der Waals surface area contributed by atoms with Crippen LogP contribution in [0.5, 0.6) is 0 Å². The van der Waals surface area contributed by atoms with E-state index < -0.39 is 32.7 Å². The Labute approximate surface area is 175 Å². The van der Waals surface area contributed by atoms with Gasteiger partial charge in [0.1, 0.15) is 17.5 Å². The minimum Gasteiger partial charge on any atom is -0.382 e. The quantitative estimate of drug-likeness (QED) is 0.449. The maximum atomic E-state index is 14.2. The van der Waals surface area contributed by atoms with Gasteiger partial charge in [-0.15, -0.1) is 5.10 Å². The zero-order chi connectivity index (χ0) is 22.3. The fourth-order valence-corrected chi connectivity index (χ4v) is 3.62. The molecule has 1 aromatic carbocycles. The normalized spacial score (nSPS) is 12.8. The van der Waals surface area contributed by atoms with E-state index in [2.05, 4.69) is 25.4 Å². The van der Waals surface area contributed by atoms with E-state index in [1.54, 1.807) is 19.2 Å². The maximum Gasteiger partial charge on any atom is 0.249 e. The summed E-state index contributed by atoms with van der Waals surface area (Å²) in [6.07, 6.45) is 4.15. The Balaban J connectivity index is 1.83. The number of anilines is 2. The van der Waals surface area contributed by atoms with Crippen molar-refractivity contribution in [3.8, 4) is 11.3 Å². The molecule has 0 saturated heterocycles. The molecule has 0 bridgehead atoms. The van der Waals surface area contributed by atoms with Crippen LogP contribution < -0.4 is 11.1 Å². The summed E-state index contributed by atoms with van der Waals surface area (Å²) in [6.45, 7) is 1.63. The largest absolute Gasteiger partial charge is 0.382 e. The Morgan fingerprint density at radius 2 is 1.97 bits per heavy atom. The van der Waals surface area contributed by atoms with E-state index in [1.165, 1.54) is 22.8 Å². The molecule has 0 aliphatic carbocycles. The summed E-state index contributed by atoms with van der Waals surface area (Å²) in [5.74, 6) is -1.24. The Morgan fingerprint density at radius 1 is 1.19 bits per heavy atom. The number of nitrogens with one attached hydrogen (secondary N) is 1. The second kappa shape index (κ2) is 7.54. The van der Waals surface area contributed by atoms with E-state index in [4.69, 9.17) is 5.73 Å². The summed E-state index contributed by atoms with van der Waals surface area (Å²) >= 11 is 0. The van der Waals surface area contributed by atoms with Gasteiger partial charge in [-0.2, -0.15) is 0 Å². The zero-order valence-electron chi connectivity index (χ0n) is 16.4. The second-order valence-corrected chi connectivity index (χ2v) is 8.78. The Kier molecular flexibility index (Phi) is 5.01. The summed E-state index contributed by atoms with van der Waals surface area (Å²) in [6, 6.07) is 5.68. The van der Waals surface area contributed by atoms with Crippen LogP contribution in [0.25, 0.3) is 16.9 Å². The first-order valence-electron chi connectivity index (χ1n) is 9.03. The van der Waals surface area contributed by atoms with Gasteiger partial charge >= 0.3 is 0 Å². The Hall–Kier alpha value is -3.67. The number of rotatable bonds is 5. The smallest absolute Gasteiger partial charge is 0.249 e. The lowest BCUT2D eigenvalue weighted by Crippen LogP contribution is -2.13. The van der Waals surface area contributed by atoms with E-state index in [0.29, 0.717) is 11.2 Å². The van der Waals surface area contributed by atoms with E-state index in [-0.39, 0.29) is 22.9 Å². The highest BCUT2D eigenvalue weighted by Crippen LogP contribution is 2.31. The average Bonchev–Trinajstić information content (AvgIpc) is 3.02. The predicted molar refractivity (Wildman–Crippen MR) is 110 cm³/mol. The van der Waals surface area contributed by atoms with Crippen molar-refractivity contribution in [2.75, 3.05) is 17.3 Å². The fraction of sp³-hybridized carbons (Fsp3) is 0.158. The molecule has 9 nitrogen and oxygen atoms in total. The van der Waals surface area contributed by atoms with Crippen LogP contribution in [0.4, 0.5) is 20.4 Å². The van der Waals surface area contributed by atoms with Crippen molar-refractivity contribution in [2.45, 2.75) is 18.1 Å². The van der Waals surface area contributed by atoms with Crippen LogP contribution in [0.15, 0.2) is 47.9 Å². The SMILES string of the molecule is CC(Nc1cc(-c2c(N)nn3cccnc23)nc(S(C)(=O)=O)n1)c1ccc(F)cc1F. The molecule has 3 heterocycles. The molecule has 3 N–H and O–H groups in total. The molecular formula is C19H17F2N7O2S. The molecule has 4 rings (SSSR count). The van der Waals surface area contributed by atoms with Crippen LogP contribution in [-0.2, 0) is 9.84 Å². The number of benzene rings is 1. The molecule has 0 amide bonds. The van der Waals surface area contributed by atoms with Crippen LogP contribution in [0.3, 0.4) is 0 Å². The van der Waals surface area contributed by atoms with Gasteiger partial charge in [0.15, 0.2) is 11.5 Å². The number of fused-ring (bicyclic) bond motifs is 1. The monoisotopic (exact) mass is 445 g/mol. The molecule has 0 aliphatic heterocycles. The molecule has 4 aromatic rings. The summed E-state index contributed by atoms with van der Waals surface area (Å²) in [5, 5.41) is 6.64. The van der Waals surface area contributed by atoms with E-state index in [9.17, 15) is 17.2 Å². The summed E-state index contributed by atoms with van der Waals surface area (Å²) in [5.41, 5.74) is 7.10. The molecule has 160 valence electrons. The van der Waals surface area contributed by atoms with E-state index in [1.807, 2.05) is 0 Å². The van der Waals surface area contributed by atoms with Gasteiger partial charge in [-0.3, -0.25) is 0 Å². The number of nitrogen functional groups attached to an aromatic ring is 1. The first kappa shape index (κ1) is 20.6. The minimum atomic E-state index is -3.79. The number of aromatic nitrogens is 5. The molecule has 1 unspecified atom stereocenters. The van der Waals surface area contributed by atoms with Gasteiger partial charge in [0.2, 0.25) is 15.0 Å². The standard InChI is InChI=1S/C19H17F2N7O2S/c1-10(12-5-4-11(20)8-13(12)21)24-15-9-14(25-19(26-15)31(2,29)30)16-17(22)27-28-7-3-6-23-18(16)28/h3-10H,1-2H3,(H2,22,27)(H,24,25,26). The van der Waals surface area contributed by atoms with Crippen LogP contribution in [0.2, 0.25) is 0 Å². The summed E-state index contributed by atoms with van der Waals surface area (Å²) in [7, 11) is -3.79. The third-order valence-corrected chi connectivity index (χ3v) is 5.36. The number of nitrogens with two attached hydrogens (primary N) is 1. The van der Waals surface area contributed by atoms with E-state index in [0.717, 1.165) is 18.4 Å². The first-order valence-corrected chi connectivity index (χ1v) is 10.9. The van der Waals surface area contributed by atoms with Gasteiger partial charge in [-0.1, -0.05) is 6.07 Å². The van der Waals surface area contributed by atoms with Gasteiger partial charge in [0.05, 0.1) is 17.3 Å². The van der Waals surface area contributed by atoms with E-state index >= 15 is 0 Å². The molecular weight excluding hydrogens is 428 g/mol. The molecule has 0 spiro atoms. The third-order valence-electron chi connectivity index (χ3n) is 4.51. The minimum absolute atomic E-state index is 0.0976. The van der Waals surface area contributed by atoms with Gasteiger partial charge in [-0.25, -0.2) is 36.7 Å². The second-order valence-electron chi connectivity index (χ2n) is 6.87. The Morgan fingerprint density at radius 3 is 2.68 bits per heavy atom. The average molecular weight is 445 g/mol. The van der Waals surface area contributed by atoms with Crippen LogP contribution >= 0.6 is 0 Å². The molecule has 0 aliphatic rings. The zero-order valence-corrected chi connectivity index (χ0v) is 17.2. The number of hydrogen-bond acceptors (Lipinski definition) is 8. The molecule has 3 aromatic heterocycles. The van der Waals surface area contributed by atoms with Gasteiger partial charge in [0.25, 0.3) is 0 Å². The van der Waals surface area contributed by atoms with Crippen LogP contribution in [-0.4, -0.2) is 39.2 Å². The van der Waals surface area contributed by atoms with Gasteiger partial charge < -0.3 is 11.1 Å². The first-order chi connectivity index (χ1) is 14.6. The molecule has 0 fully saturated rings. The molecule has 12 heteroatoms. The predicted octanol–water partition coefficient (Wildman–Crippen LogP) is 2.62. The third kappa shape index (κ3) is 4.01. The number of halogens is 2. The highest BCUT2D eigenvalue weighted by molar-refractivity contribution is 7.90. The molecule has 0 saturated carbocycles. The highest BCUT2D eigenvalue weighted by Gasteiger charge is 2.21. The van der Waals surface area contributed by atoms with Crippen LogP contribution in [0.1, 0.15) is 18.5 Å². The molecule has 31 heavy (non-hydrogen) atoms. The lowest BCUT2D eigenvalue weighted by Gasteiger charge is -2.17. The maximum absolute atomic E-state index is 14.2. The number of hydrogen-bond donors (Lipinski definition) is 2. The van der Waals surface area contributed by atoms with Gasteiger partial charge in [0, 0.05) is 36.3 Å². The van der Waals surface area contributed by atoms with Crippen molar-refractivity contribution in [1.82, 2.24) is 24.6 Å². The summed E-state index contributed by atoms with van der Waals surface area (Å²) in [4.78, 5) is 12.4. The van der Waals surface area contributed by atoms with Crippen molar-refractivity contribution in [2.24, 2.45) is 0 Å². The van der Waals surface area contributed by atoms with Crippen molar-refractivity contribution in [1.29, 1.82) is 0 Å². The summed E-state index contributed by atoms with van der Waals surface area (Å²) < 4.78 is 53.2. The van der Waals surface area contributed by atoms with Crippen molar-refractivity contribution in [3.05, 3.63) is 59.9 Å². The lowest BCUT2D eigenvalue weighted by molar-refractivity contribution is 0.565. The highest BCUT2D eigenvalue weighted by atomic mass is 32.2. The Bertz CT molecular complexity index is 1410. The van der Waals surface area contributed by atoms with Crippen molar-refractivity contribution >= 4 is 27.1 Å². The molecule has 1 atom stereocenters. The van der Waals surface area contributed by atoms with Crippen LogP contribution in [0, 0.1) is 11.6 Å². The topological polar surface area (TPSA) is 128 Å². The number of sulfone groups is 1. The molecule has 0 radical (unpaired) electrons. The lowest BCUT2D eigenvalue weighted by atomic mass is 10.1. The fourth-order valence-electron chi connectivity index (χ4n) is 3.09. The van der Waals surface area contributed by atoms with Gasteiger partial charge in [-0.05, 0) is 19.1 Å². The van der Waals surface area contributed by atoms with Crippen molar-refractivity contribution < 1.29 is 17.2 Å².